The van der Waals surface area contributed by atoms with Gasteiger partial charge in [-0.1, -0.05) is 11.6 Å². The first-order valence-corrected chi connectivity index (χ1v) is 14.7. The summed E-state index contributed by atoms with van der Waals surface area (Å²) in [6.45, 7) is 11.6. The van der Waals surface area contributed by atoms with Gasteiger partial charge in [-0.25, -0.2) is 13.4 Å². The number of hydrogen-bond acceptors (Lipinski definition) is 11. The van der Waals surface area contributed by atoms with E-state index >= 15 is 0 Å². The summed E-state index contributed by atoms with van der Waals surface area (Å²) < 4.78 is 31.4. The number of aryl methyl sites for hydroxylation is 1. The van der Waals surface area contributed by atoms with E-state index in [0.29, 0.717) is 23.9 Å². The summed E-state index contributed by atoms with van der Waals surface area (Å²) in [5, 5.41) is 14.4. The minimum Gasteiger partial charge on any atom is -0.489 e. The van der Waals surface area contributed by atoms with Crippen molar-refractivity contribution in [2.24, 2.45) is 10.7 Å². The number of aliphatic hydroxyl groups excluding tert-OH is 1. The number of nitrogens with zero attached hydrogens (tertiary/aromatic N) is 4. The van der Waals surface area contributed by atoms with Gasteiger partial charge < -0.3 is 26.2 Å². The highest BCUT2D eigenvalue weighted by Gasteiger charge is 2.30. The van der Waals surface area contributed by atoms with Crippen molar-refractivity contribution < 1.29 is 18.3 Å². The topological polar surface area (TPSA) is 155 Å². The lowest BCUT2D eigenvalue weighted by Gasteiger charge is -2.40. The summed E-state index contributed by atoms with van der Waals surface area (Å²) in [6, 6.07) is 4.04. The van der Waals surface area contributed by atoms with E-state index in [0.717, 1.165) is 18.7 Å². The van der Waals surface area contributed by atoms with E-state index in [-0.39, 0.29) is 40.2 Å². The molecule has 11 nitrogen and oxygen atoms in total. The molecular formula is C26H38ClN7O4S. The first-order chi connectivity index (χ1) is 18.4. The van der Waals surface area contributed by atoms with Crippen molar-refractivity contribution in [3.05, 3.63) is 45.2 Å². The normalized spacial score (nSPS) is 15.5. The lowest BCUT2D eigenvalue weighted by atomic mass is 9.88. The lowest BCUT2D eigenvalue weighted by molar-refractivity contribution is 0.115. The maximum absolute atomic E-state index is 12.6. The van der Waals surface area contributed by atoms with Gasteiger partial charge in [-0.2, -0.15) is 4.98 Å². The summed E-state index contributed by atoms with van der Waals surface area (Å²) >= 11 is 6.35. The molecule has 0 amide bonds. The van der Waals surface area contributed by atoms with Gasteiger partial charge in [0.2, 0.25) is 5.95 Å². The van der Waals surface area contributed by atoms with Gasteiger partial charge in [0, 0.05) is 38.8 Å². The molecule has 1 aromatic heterocycles. The molecule has 0 unspecified atom stereocenters. The molecule has 1 aromatic carbocycles. The first-order valence-electron chi connectivity index (χ1n) is 12.7. The molecule has 13 heteroatoms. The molecule has 0 aliphatic carbocycles. The van der Waals surface area contributed by atoms with Crippen LogP contribution in [0.25, 0.3) is 0 Å². The number of hydrogen-bond donors (Lipinski definition) is 4. The Kier molecular flexibility index (Phi) is 10.2. The van der Waals surface area contributed by atoms with Gasteiger partial charge in [0.05, 0.1) is 35.5 Å². The van der Waals surface area contributed by atoms with E-state index in [9.17, 15) is 13.5 Å². The van der Waals surface area contributed by atoms with Crippen molar-refractivity contribution in [3.63, 3.8) is 0 Å². The SMILES string of the molecule is CN=CC(Nc1nc(Nc2cc(C)c(C3CN(CCO)C3)cc2OC(C)C)ncc1Cl)=C(N)S(=O)(=O)C(C)C. The summed E-state index contributed by atoms with van der Waals surface area (Å²) in [7, 11) is -2.26. The molecule has 39 heavy (non-hydrogen) atoms. The highest BCUT2D eigenvalue weighted by atomic mass is 35.5. The number of sulfone groups is 1. The molecule has 1 fully saturated rings. The van der Waals surface area contributed by atoms with Gasteiger partial charge >= 0.3 is 0 Å². The molecule has 2 aromatic rings. The largest absolute Gasteiger partial charge is 0.489 e. The van der Waals surface area contributed by atoms with E-state index in [4.69, 9.17) is 22.1 Å². The zero-order valence-corrected chi connectivity index (χ0v) is 24.8. The number of anilines is 3. The summed E-state index contributed by atoms with van der Waals surface area (Å²) in [4.78, 5) is 14.9. The van der Waals surface area contributed by atoms with Gasteiger partial charge in [-0.05, 0) is 57.9 Å². The molecule has 3 rings (SSSR count). The maximum Gasteiger partial charge on any atom is 0.229 e. The second-order valence-electron chi connectivity index (χ2n) is 9.95. The van der Waals surface area contributed by atoms with Crippen LogP contribution in [-0.4, -0.2) is 79.2 Å². The Bertz CT molecular complexity index is 1340. The van der Waals surface area contributed by atoms with Crippen LogP contribution in [0.2, 0.25) is 5.02 Å². The number of rotatable bonds is 12. The number of ether oxygens (including phenoxy) is 1. The van der Waals surface area contributed by atoms with E-state index in [1.807, 2.05) is 32.9 Å². The molecule has 0 bridgehead atoms. The average molecular weight is 580 g/mol. The smallest absolute Gasteiger partial charge is 0.229 e. The number of aliphatic imine (C=N–C) groups is 1. The fourth-order valence-corrected chi connectivity index (χ4v) is 5.20. The fourth-order valence-electron chi connectivity index (χ4n) is 4.14. The van der Waals surface area contributed by atoms with Crippen LogP contribution < -0.4 is 21.1 Å². The monoisotopic (exact) mass is 579 g/mol. The van der Waals surface area contributed by atoms with Crippen LogP contribution in [0, 0.1) is 6.92 Å². The van der Waals surface area contributed by atoms with Gasteiger partial charge in [0.15, 0.2) is 20.7 Å². The van der Waals surface area contributed by atoms with Gasteiger partial charge in [-0.15, -0.1) is 0 Å². The quantitative estimate of drug-likeness (QED) is 0.275. The van der Waals surface area contributed by atoms with E-state index < -0.39 is 15.1 Å². The van der Waals surface area contributed by atoms with Crippen molar-refractivity contribution >= 4 is 45.1 Å². The third kappa shape index (κ3) is 7.38. The standard InChI is InChI=1S/C26H38ClN7O4S/c1-15(2)38-23-10-19(18-13-34(14-18)7-8-35)17(5)9-21(23)32-26-30-11-20(27)25(33-26)31-22(12-29-6)24(28)39(36,37)16(3)4/h9-12,15-16,18,35H,7-8,13-14,28H2,1-6H3,(H2,30,31,32,33). The van der Waals surface area contributed by atoms with Crippen molar-refractivity contribution in [1.82, 2.24) is 14.9 Å². The Labute approximate surface area is 235 Å². The first kappa shape index (κ1) is 30.6. The second kappa shape index (κ2) is 12.9. The number of benzene rings is 1. The number of allylic oxidation sites excluding steroid dienone is 1. The van der Waals surface area contributed by atoms with Crippen LogP contribution in [0.4, 0.5) is 17.5 Å². The molecule has 0 spiro atoms. The number of β-amino-alcohol motifs (C(OH)–C–C–N with tert-alkyl or cyclic N) is 1. The number of likely N-dealkylation sites (tertiary alicyclic amines) is 1. The van der Waals surface area contributed by atoms with Crippen molar-refractivity contribution in [2.75, 3.05) is 43.9 Å². The van der Waals surface area contributed by atoms with Gasteiger partial charge in [0.1, 0.15) is 10.8 Å². The Hall–Kier alpha value is -2.93. The number of nitrogens with one attached hydrogen (secondary N) is 2. The van der Waals surface area contributed by atoms with Gasteiger partial charge in [-0.3, -0.25) is 9.89 Å². The number of halogens is 1. The van der Waals surface area contributed by atoms with Crippen molar-refractivity contribution in [3.8, 4) is 5.75 Å². The van der Waals surface area contributed by atoms with Crippen LogP contribution in [0.3, 0.4) is 0 Å². The molecule has 2 heterocycles. The average Bonchev–Trinajstić information content (AvgIpc) is 2.83. The van der Waals surface area contributed by atoms with Crippen molar-refractivity contribution in [2.45, 2.75) is 51.9 Å². The summed E-state index contributed by atoms with van der Waals surface area (Å²) in [5.41, 5.74) is 9.02. The highest BCUT2D eigenvalue weighted by Crippen LogP contribution is 2.37. The Morgan fingerprint density at radius 1 is 1.33 bits per heavy atom. The maximum atomic E-state index is 12.6. The molecule has 214 valence electrons. The number of nitrogens with two attached hydrogens (primary N) is 1. The Morgan fingerprint density at radius 3 is 2.62 bits per heavy atom. The fraction of sp³-hybridized carbons (Fsp3) is 0.500. The summed E-state index contributed by atoms with van der Waals surface area (Å²) in [5.74, 6) is 1.40. The predicted molar refractivity (Wildman–Crippen MR) is 157 cm³/mol. The molecule has 1 saturated heterocycles. The molecule has 0 atom stereocenters. The third-order valence-corrected chi connectivity index (χ3v) is 8.59. The molecule has 1 aliphatic heterocycles. The lowest BCUT2D eigenvalue weighted by Crippen LogP contribution is -2.46. The Morgan fingerprint density at radius 2 is 2.03 bits per heavy atom. The summed E-state index contributed by atoms with van der Waals surface area (Å²) in [6.07, 6.45) is 2.64. The predicted octanol–water partition coefficient (Wildman–Crippen LogP) is 3.42. The highest BCUT2D eigenvalue weighted by molar-refractivity contribution is 7.95. The second-order valence-corrected chi connectivity index (χ2v) is 12.8. The van der Waals surface area contributed by atoms with Gasteiger partial charge in [0.25, 0.3) is 0 Å². The third-order valence-electron chi connectivity index (χ3n) is 6.24. The van der Waals surface area contributed by atoms with Crippen molar-refractivity contribution in [1.29, 1.82) is 0 Å². The Balaban J connectivity index is 1.94. The molecular weight excluding hydrogens is 542 g/mol. The van der Waals surface area contributed by atoms with Crippen LogP contribution in [-0.2, 0) is 9.84 Å². The minimum atomic E-state index is -3.76. The van der Waals surface area contributed by atoms with Crippen LogP contribution in [0.5, 0.6) is 5.75 Å². The zero-order valence-electron chi connectivity index (χ0n) is 23.2. The molecule has 1 aliphatic rings. The van der Waals surface area contributed by atoms with Crippen LogP contribution in [0.1, 0.15) is 44.7 Å². The molecule has 0 radical (unpaired) electrons. The van der Waals surface area contributed by atoms with E-state index in [2.05, 4.69) is 30.5 Å². The number of aromatic nitrogens is 2. The molecule has 0 saturated carbocycles. The molecule has 5 N–H and O–H groups in total. The minimum absolute atomic E-state index is 0.0533. The zero-order chi connectivity index (χ0) is 28.9. The van der Waals surface area contributed by atoms with E-state index in [1.165, 1.54) is 25.0 Å². The number of aliphatic hydroxyl groups is 1. The van der Waals surface area contributed by atoms with Crippen LogP contribution in [0.15, 0.2) is 34.0 Å². The van der Waals surface area contributed by atoms with Crippen LogP contribution >= 0.6 is 11.6 Å². The van der Waals surface area contributed by atoms with E-state index in [1.54, 1.807) is 13.8 Å².